The van der Waals surface area contributed by atoms with Crippen molar-refractivity contribution in [3.63, 3.8) is 0 Å². The molecular formula is C15H17N. The predicted molar refractivity (Wildman–Crippen MR) is 72.0 cm³/mol. The molecule has 0 saturated heterocycles. The van der Waals surface area contributed by atoms with Crippen LogP contribution in [-0.2, 0) is 0 Å². The van der Waals surface area contributed by atoms with Gasteiger partial charge in [0.25, 0.3) is 0 Å². The third-order valence-corrected chi connectivity index (χ3v) is 2.02. The highest BCUT2D eigenvalue weighted by Crippen LogP contribution is 2.06. The molecule has 0 saturated carbocycles. The molecule has 0 amide bonds. The van der Waals surface area contributed by atoms with Crippen LogP contribution in [-0.4, -0.2) is 6.54 Å². The molecule has 1 nitrogen and oxygen atoms in total. The van der Waals surface area contributed by atoms with E-state index in [2.05, 4.69) is 24.8 Å². The van der Waals surface area contributed by atoms with Crippen LogP contribution in [0.4, 0.5) is 0 Å². The van der Waals surface area contributed by atoms with E-state index in [1.54, 1.807) is 6.08 Å². The normalized spacial score (nSPS) is 12.4. The fourth-order valence-electron chi connectivity index (χ4n) is 1.26. The van der Waals surface area contributed by atoms with Gasteiger partial charge in [-0.25, -0.2) is 0 Å². The van der Waals surface area contributed by atoms with E-state index in [0.29, 0.717) is 6.54 Å². The maximum absolute atomic E-state index is 5.42. The van der Waals surface area contributed by atoms with Crippen LogP contribution in [0, 0.1) is 0 Å². The zero-order valence-electron chi connectivity index (χ0n) is 9.34. The van der Waals surface area contributed by atoms with Gasteiger partial charge in [0.1, 0.15) is 0 Å². The van der Waals surface area contributed by atoms with Gasteiger partial charge in [0, 0.05) is 6.54 Å². The van der Waals surface area contributed by atoms with Crippen molar-refractivity contribution >= 4 is 6.08 Å². The molecule has 82 valence electrons. The lowest BCUT2D eigenvalue weighted by molar-refractivity contribution is 1.25. The molecule has 0 fully saturated rings. The lowest BCUT2D eigenvalue weighted by atomic mass is 10.1. The summed E-state index contributed by atoms with van der Waals surface area (Å²) >= 11 is 0. The first-order valence-corrected chi connectivity index (χ1v) is 5.29. The van der Waals surface area contributed by atoms with E-state index >= 15 is 0 Å². The number of allylic oxidation sites excluding steroid dienone is 5. The second kappa shape index (κ2) is 7.43. The van der Waals surface area contributed by atoms with Crippen LogP contribution >= 0.6 is 0 Å². The largest absolute Gasteiger partial charge is 0.327 e. The first kappa shape index (κ1) is 12.2. The Morgan fingerprint density at radius 2 is 1.94 bits per heavy atom. The smallest absolute Gasteiger partial charge is 0.0110 e. The lowest BCUT2D eigenvalue weighted by Gasteiger charge is -1.94. The predicted octanol–water partition coefficient (Wildman–Crippen LogP) is 3.33. The summed E-state index contributed by atoms with van der Waals surface area (Å²) in [6.45, 7) is 4.24. The summed E-state index contributed by atoms with van der Waals surface area (Å²) in [6.07, 6.45) is 11.7. The molecule has 0 spiro atoms. The van der Waals surface area contributed by atoms with Crippen molar-refractivity contribution in [2.45, 2.75) is 0 Å². The Morgan fingerprint density at radius 3 is 2.56 bits per heavy atom. The molecule has 2 N–H and O–H groups in total. The molecule has 0 radical (unpaired) electrons. The monoisotopic (exact) mass is 211 g/mol. The maximum Gasteiger partial charge on any atom is 0.0110 e. The van der Waals surface area contributed by atoms with Crippen molar-refractivity contribution in [3.05, 3.63) is 78.4 Å². The number of rotatable bonds is 5. The molecule has 0 heterocycles. The van der Waals surface area contributed by atoms with E-state index in [0.717, 1.165) is 5.57 Å². The highest BCUT2D eigenvalue weighted by Gasteiger charge is 1.85. The average Bonchev–Trinajstić information content (AvgIpc) is 2.34. The Morgan fingerprint density at radius 1 is 1.19 bits per heavy atom. The molecule has 1 aromatic carbocycles. The summed E-state index contributed by atoms with van der Waals surface area (Å²) in [4.78, 5) is 0. The van der Waals surface area contributed by atoms with E-state index in [4.69, 9.17) is 5.73 Å². The quantitative estimate of drug-likeness (QED) is 0.743. The van der Waals surface area contributed by atoms with Gasteiger partial charge in [-0.2, -0.15) is 0 Å². The molecular weight excluding hydrogens is 194 g/mol. The third kappa shape index (κ3) is 4.58. The fourth-order valence-corrected chi connectivity index (χ4v) is 1.26. The van der Waals surface area contributed by atoms with Crippen molar-refractivity contribution < 1.29 is 0 Å². The standard InChI is InChI=1S/C15H17N/c1-2-7-14(10-6-13-16)11-12-15-8-4-3-5-9-15/h2-12H,1,13,16H2/b10-6-,12-11+,14-7+. The van der Waals surface area contributed by atoms with Crippen LogP contribution in [0.1, 0.15) is 5.56 Å². The van der Waals surface area contributed by atoms with Gasteiger partial charge in [0.05, 0.1) is 0 Å². The van der Waals surface area contributed by atoms with E-state index in [-0.39, 0.29) is 0 Å². The summed E-state index contributed by atoms with van der Waals surface area (Å²) in [6, 6.07) is 10.2. The summed E-state index contributed by atoms with van der Waals surface area (Å²) in [7, 11) is 0. The molecule has 0 aliphatic rings. The Bertz CT molecular complexity index is 397. The van der Waals surface area contributed by atoms with Gasteiger partial charge in [-0.3, -0.25) is 0 Å². The molecule has 16 heavy (non-hydrogen) atoms. The SMILES string of the molecule is C=C/C=C(\C=C/CN)/C=C/c1ccccc1. The highest BCUT2D eigenvalue weighted by molar-refractivity contribution is 5.54. The maximum atomic E-state index is 5.42. The minimum atomic E-state index is 0.549. The van der Waals surface area contributed by atoms with Crippen molar-refractivity contribution in [2.75, 3.05) is 6.54 Å². The molecule has 0 unspecified atom stereocenters. The van der Waals surface area contributed by atoms with Gasteiger partial charge in [-0.05, 0) is 11.1 Å². The molecule has 0 atom stereocenters. The van der Waals surface area contributed by atoms with Crippen LogP contribution in [0.3, 0.4) is 0 Å². The highest BCUT2D eigenvalue weighted by atomic mass is 14.5. The van der Waals surface area contributed by atoms with Crippen LogP contribution in [0.15, 0.2) is 72.9 Å². The topological polar surface area (TPSA) is 26.0 Å². The Kier molecular flexibility index (Phi) is 5.67. The van der Waals surface area contributed by atoms with E-state index in [9.17, 15) is 0 Å². The number of hydrogen-bond acceptors (Lipinski definition) is 1. The minimum absolute atomic E-state index is 0.549. The Hall–Kier alpha value is -1.86. The summed E-state index contributed by atoms with van der Waals surface area (Å²) in [5, 5.41) is 0. The van der Waals surface area contributed by atoms with Gasteiger partial charge in [0.2, 0.25) is 0 Å². The molecule has 0 aromatic heterocycles. The molecule has 0 aliphatic carbocycles. The van der Waals surface area contributed by atoms with Crippen LogP contribution < -0.4 is 5.73 Å². The molecule has 0 aliphatic heterocycles. The number of hydrogen-bond donors (Lipinski definition) is 1. The third-order valence-electron chi connectivity index (χ3n) is 2.02. The Labute approximate surface area is 97.3 Å². The van der Waals surface area contributed by atoms with Gasteiger partial charge < -0.3 is 5.73 Å². The van der Waals surface area contributed by atoms with Crippen molar-refractivity contribution in [1.82, 2.24) is 0 Å². The lowest BCUT2D eigenvalue weighted by Crippen LogP contribution is -1.92. The van der Waals surface area contributed by atoms with Crippen LogP contribution in [0.5, 0.6) is 0 Å². The number of nitrogens with two attached hydrogens (primary N) is 1. The number of benzene rings is 1. The molecule has 1 aromatic rings. The minimum Gasteiger partial charge on any atom is -0.327 e. The zero-order chi connectivity index (χ0) is 11.6. The van der Waals surface area contributed by atoms with Crippen LogP contribution in [0.25, 0.3) is 6.08 Å². The van der Waals surface area contributed by atoms with Crippen molar-refractivity contribution in [1.29, 1.82) is 0 Å². The van der Waals surface area contributed by atoms with Crippen molar-refractivity contribution in [3.8, 4) is 0 Å². The van der Waals surface area contributed by atoms with Gasteiger partial charge in [0.15, 0.2) is 0 Å². The fraction of sp³-hybridized carbons (Fsp3) is 0.0667. The first-order chi connectivity index (χ1) is 7.86. The Balaban J connectivity index is 2.76. The molecule has 1 rings (SSSR count). The second-order valence-electron chi connectivity index (χ2n) is 3.28. The summed E-state index contributed by atoms with van der Waals surface area (Å²) < 4.78 is 0. The summed E-state index contributed by atoms with van der Waals surface area (Å²) in [5.74, 6) is 0. The van der Waals surface area contributed by atoms with Gasteiger partial charge in [-0.1, -0.05) is 73.4 Å². The summed E-state index contributed by atoms with van der Waals surface area (Å²) in [5.41, 5.74) is 7.68. The zero-order valence-corrected chi connectivity index (χ0v) is 9.34. The van der Waals surface area contributed by atoms with E-state index in [1.807, 2.05) is 42.5 Å². The molecule has 0 bridgehead atoms. The van der Waals surface area contributed by atoms with E-state index in [1.165, 1.54) is 5.56 Å². The second-order valence-corrected chi connectivity index (χ2v) is 3.28. The van der Waals surface area contributed by atoms with Gasteiger partial charge >= 0.3 is 0 Å². The van der Waals surface area contributed by atoms with Gasteiger partial charge in [-0.15, -0.1) is 0 Å². The van der Waals surface area contributed by atoms with Crippen LogP contribution in [0.2, 0.25) is 0 Å². The first-order valence-electron chi connectivity index (χ1n) is 5.29. The van der Waals surface area contributed by atoms with Crippen molar-refractivity contribution in [2.24, 2.45) is 5.73 Å². The molecule has 1 heteroatoms. The van der Waals surface area contributed by atoms with E-state index < -0.39 is 0 Å². The average molecular weight is 211 g/mol.